The molecule has 1 aromatic heterocycles. The lowest BCUT2D eigenvalue weighted by atomic mass is 9.88. The Kier molecular flexibility index (Phi) is 4.89. The second-order valence-corrected chi connectivity index (χ2v) is 8.13. The van der Waals surface area contributed by atoms with E-state index < -0.39 is 5.54 Å². The molecule has 1 atom stereocenters. The zero-order valence-corrected chi connectivity index (χ0v) is 18.0. The first kappa shape index (κ1) is 20.2. The maximum atomic E-state index is 13.4. The van der Waals surface area contributed by atoms with Crippen LogP contribution in [-0.4, -0.2) is 39.8 Å². The van der Waals surface area contributed by atoms with Crippen LogP contribution < -0.4 is 4.74 Å². The lowest BCUT2D eigenvalue weighted by Crippen LogP contribution is -2.43. The van der Waals surface area contributed by atoms with Crippen molar-refractivity contribution in [1.29, 1.82) is 0 Å². The van der Waals surface area contributed by atoms with E-state index >= 15 is 0 Å². The highest BCUT2D eigenvalue weighted by molar-refractivity contribution is 6.09. The van der Waals surface area contributed by atoms with Gasteiger partial charge in [-0.05, 0) is 54.8 Å². The number of fused-ring (bicyclic) bond motifs is 1. The Hall–Kier alpha value is -3.74. The van der Waals surface area contributed by atoms with Crippen molar-refractivity contribution in [1.82, 2.24) is 14.5 Å². The second-order valence-electron chi connectivity index (χ2n) is 8.13. The zero-order valence-electron chi connectivity index (χ0n) is 18.0. The molecule has 2 aliphatic heterocycles. The Morgan fingerprint density at radius 1 is 1.16 bits per heavy atom. The average molecular weight is 430 g/mol. The van der Waals surface area contributed by atoms with Crippen molar-refractivity contribution in [2.75, 3.05) is 13.7 Å². The van der Waals surface area contributed by atoms with E-state index in [1.165, 1.54) is 12.1 Å². The summed E-state index contributed by atoms with van der Waals surface area (Å²) in [5.74, 6) is 1.10. The molecule has 1 fully saturated rings. The van der Waals surface area contributed by atoms with E-state index in [9.17, 15) is 9.18 Å². The topological polar surface area (TPSA) is 59.7 Å². The van der Waals surface area contributed by atoms with E-state index in [0.29, 0.717) is 25.2 Å². The molecule has 3 aromatic rings. The quantitative estimate of drug-likeness (QED) is 0.607. The fourth-order valence-corrected chi connectivity index (χ4v) is 4.54. The van der Waals surface area contributed by atoms with Crippen molar-refractivity contribution in [2.24, 2.45) is 4.99 Å². The van der Waals surface area contributed by atoms with Gasteiger partial charge in [-0.25, -0.2) is 9.37 Å². The molecule has 0 N–H and O–H groups in total. The third-order valence-electron chi connectivity index (χ3n) is 6.16. The van der Waals surface area contributed by atoms with Crippen LogP contribution >= 0.6 is 0 Å². The molecular formula is C25H23FN4O2. The molecule has 5 rings (SSSR count). The number of methoxy groups -OCH3 is 1. The number of benzene rings is 2. The number of aryl methyl sites for hydroxylation is 1. The van der Waals surface area contributed by atoms with Gasteiger partial charge in [0.15, 0.2) is 0 Å². The van der Waals surface area contributed by atoms with Gasteiger partial charge in [0.05, 0.1) is 36.9 Å². The summed E-state index contributed by atoms with van der Waals surface area (Å²) < 4.78 is 20.9. The molecule has 2 aromatic carbocycles. The molecule has 0 radical (unpaired) electrons. The van der Waals surface area contributed by atoms with Gasteiger partial charge in [-0.1, -0.05) is 24.3 Å². The minimum atomic E-state index is -0.523. The highest BCUT2D eigenvalue weighted by atomic mass is 19.1. The molecule has 6 nitrogen and oxygen atoms in total. The third-order valence-corrected chi connectivity index (χ3v) is 6.16. The highest BCUT2D eigenvalue weighted by Crippen LogP contribution is 2.43. The summed E-state index contributed by atoms with van der Waals surface area (Å²) in [5.41, 5.74) is 3.14. The van der Waals surface area contributed by atoms with Crippen LogP contribution in [0, 0.1) is 12.7 Å². The van der Waals surface area contributed by atoms with Crippen molar-refractivity contribution < 1.29 is 13.9 Å². The Morgan fingerprint density at radius 2 is 1.97 bits per heavy atom. The van der Waals surface area contributed by atoms with E-state index in [4.69, 9.17) is 4.74 Å². The van der Waals surface area contributed by atoms with Crippen LogP contribution in [0.15, 0.2) is 66.1 Å². The highest BCUT2D eigenvalue weighted by Gasteiger charge is 2.51. The van der Waals surface area contributed by atoms with Gasteiger partial charge in [-0.2, -0.15) is 0 Å². The number of hydrogen-bond acceptors (Lipinski definition) is 4. The number of amidine groups is 1. The molecule has 0 saturated carbocycles. The SMILES string of the molecule is COc1cc(/C=C/C2=NCC3(c4ccc(F)cc4)CCC(=O)N23)ccc1-n1cnc(C)c1. The molecular weight excluding hydrogens is 407 g/mol. The van der Waals surface area contributed by atoms with Gasteiger partial charge in [-0.15, -0.1) is 0 Å². The number of ether oxygens (including phenoxy) is 1. The molecule has 162 valence electrons. The van der Waals surface area contributed by atoms with Gasteiger partial charge in [0.25, 0.3) is 0 Å². The van der Waals surface area contributed by atoms with Crippen LogP contribution in [0.1, 0.15) is 29.7 Å². The monoisotopic (exact) mass is 430 g/mol. The Bertz CT molecular complexity index is 1250. The molecule has 2 aliphatic rings. The van der Waals surface area contributed by atoms with Crippen molar-refractivity contribution in [2.45, 2.75) is 25.3 Å². The predicted octanol–water partition coefficient (Wildman–Crippen LogP) is 4.27. The summed E-state index contributed by atoms with van der Waals surface area (Å²) in [6.07, 6.45) is 8.61. The number of amides is 1. The van der Waals surface area contributed by atoms with Crippen LogP contribution in [0.5, 0.6) is 5.75 Å². The van der Waals surface area contributed by atoms with Gasteiger partial charge in [0.1, 0.15) is 17.4 Å². The smallest absolute Gasteiger partial charge is 0.229 e. The Labute approximate surface area is 185 Å². The standard InChI is InChI=1S/C25H23FN4O2/c1-17-14-29(16-28-17)21-9-3-18(13-22(21)32-2)4-10-23-27-15-25(12-11-24(31)30(23)25)19-5-7-20(26)8-6-19/h3-10,13-14,16H,11-12,15H2,1-2H3/b10-4+. The van der Waals surface area contributed by atoms with Crippen molar-refractivity contribution in [3.05, 3.63) is 83.7 Å². The van der Waals surface area contributed by atoms with E-state index in [0.717, 1.165) is 28.3 Å². The number of aliphatic imine (C=N–C) groups is 1. The number of imidazole rings is 1. The first-order chi connectivity index (χ1) is 15.5. The maximum Gasteiger partial charge on any atom is 0.229 e. The molecule has 1 amide bonds. The number of carbonyl (C=O) groups excluding carboxylic acids is 1. The van der Waals surface area contributed by atoms with Crippen molar-refractivity contribution >= 4 is 17.8 Å². The minimum absolute atomic E-state index is 0.0404. The lowest BCUT2D eigenvalue weighted by Gasteiger charge is -2.32. The summed E-state index contributed by atoms with van der Waals surface area (Å²) in [6.45, 7) is 2.42. The normalized spacial score (nSPS) is 20.2. The molecule has 0 aliphatic carbocycles. The molecule has 32 heavy (non-hydrogen) atoms. The van der Waals surface area contributed by atoms with Gasteiger partial charge in [0, 0.05) is 12.6 Å². The van der Waals surface area contributed by atoms with Crippen LogP contribution in [0.2, 0.25) is 0 Å². The van der Waals surface area contributed by atoms with Crippen LogP contribution in [0.3, 0.4) is 0 Å². The molecule has 3 heterocycles. The van der Waals surface area contributed by atoms with Crippen molar-refractivity contribution in [3.63, 3.8) is 0 Å². The van der Waals surface area contributed by atoms with E-state index in [1.807, 2.05) is 48.0 Å². The van der Waals surface area contributed by atoms with Crippen molar-refractivity contribution in [3.8, 4) is 11.4 Å². The largest absolute Gasteiger partial charge is 0.495 e. The number of carbonyl (C=O) groups is 1. The molecule has 0 spiro atoms. The molecule has 7 heteroatoms. The Morgan fingerprint density at radius 3 is 2.69 bits per heavy atom. The summed E-state index contributed by atoms with van der Waals surface area (Å²) >= 11 is 0. The lowest BCUT2D eigenvalue weighted by molar-refractivity contribution is -0.126. The summed E-state index contributed by atoms with van der Waals surface area (Å²) in [5, 5.41) is 0. The third kappa shape index (κ3) is 3.30. The summed E-state index contributed by atoms with van der Waals surface area (Å²) in [4.78, 5) is 23.4. The fraction of sp³-hybridized carbons (Fsp3) is 0.240. The first-order valence-electron chi connectivity index (χ1n) is 10.5. The molecule has 0 bridgehead atoms. The number of rotatable bonds is 5. The predicted molar refractivity (Wildman–Crippen MR) is 120 cm³/mol. The minimum Gasteiger partial charge on any atom is -0.495 e. The first-order valence-corrected chi connectivity index (χ1v) is 10.5. The van der Waals surface area contributed by atoms with E-state index in [2.05, 4.69) is 9.98 Å². The van der Waals surface area contributed by atoms with Gasteiger partial charge < -0.3 is 9.30 Å². The van der Waals surface area contributed by atoms with E-state index in [-0.39, 0.29) is 11.7 Å². The summed E-state index contributed by atoms with van der Waals surface area (Å²) in [6, 6.07) is 12.3. The second kappa shape index (κ2) is 7.75. The number of hydrogen-bond donors (Lipinski definition) is 0. The van der Waals surface area contributed by atoms with Crippen LogP contribution in [-0.2, 0) is 10.3 Å². The number of nitrogens with zero attached hydrogens (tertiary/aromatic N) is 4. The number of aromatic nitrogens is 2. The van der Waals surface area contributed by atoms with Gasteiger partial charge in [-0.3, -0.25) is 14.7 Å². The number of halogens is 1. The zero-order chi connectivity index (χ0) is 22.3. The Balaban J connectivity index is 1.42. The van der Waals surface area contributed by atoms with Crippen LogP contribution in [0.4, 0.5) is 4.39 Å². The summed E-state index contributed by atoms with van der Waals surface area (Å²) in [7, 11) is 1.64. The average Bonchev–Trinajstić information content (AvgIpc) is 3.49. The fourth-order valence-electron chi connectivity index (χ4n) is 4.54. The maximum absolute atomic E-state index is 13.4. The molecule has 1 unspecified atom stereocenters. The van der Waals surface area contributed by atoms with E-state index in [1.54, 1.807) is 30.5 Å². The van der Waals surface area contributed by atoms with Crippen LogP contribution in [0.25, 0.3) is 11.8 Å². The van der Waals surface area contributed by atoms with Gasteiger partial charge >= 0.3 is 0 Å². The molecule has 1 saturated heterocycles. The van der Waals surface area contributed by atoms with Gasteiger partial charge in [0.2, 0.25) is 5.91 Å².